The van der Waals surface area contributed by atoms with Crippen molar-refractivity contribution in [3.63, 3.8) is 0 Å². The molecule has 100 valence electrons. The molecule has 6 nitrogen and oxygen atoms in total. The summed E-state index contributed by atoms with van der Waals surface area (Å²) < 4.78 is 21.0. The third kappa shape index (κ3) is 1.95. The van der Waals surface area contributed by atoms with E-state index in [0.29, 0.717) is 30.3 Å². The van der Waals surface area contributed by atoms with E-state index in [2.05, 4.69) is 15.5 Å². The van der Waals surface area contributed by atoms with Crippen LogP contribution in [0.25, 0.3) is 11.4 Å². The number of nitrogen functional groups attached to an aromatic ring is 1. The molecule has 1 atom stereocenters. The van der Waals surface area contributed by atoms with E-state index >= 15 is 0 Å². The Hall–Kier alpha value is -2.02. The van der Waals surface area contributed by atoms with Crippen molar-refractivity contribution in [2.45, 2.75) is 18.9 Å². The second-order valence-electron chi connectivity index (χ2n) is 4.95. The standard InChI is InChI=1S/C12H14FN5O/c1-12(4-5-19-7-12)18-11(15-16-17-18)9-3-2-8(14)6-10(9)13/h2-3,6H,4-5,7,14H2,1H3. The second kappa shape index (κ2) is 4.27. The van der Waals surface area contributed by atoms with Gasteiger partial charge in [0, 0.05) is 12.3 Å². The monoisotopic (exact) mass is 263 g/mol. The molecule has 7 heteroatoms. The predicted molar refractivity (Wildman–Crippen MR) is 66.7 cm³/mol. The molecule has 2 N–H and O–H groups in total. The van der Waals surface area contributed by atoms with Gasteiger partial charge in [0.05, 0.1) is 17.7 Å². The molecule has 1 saturated heterocycles. The fourth-order valence-electron chi connectivity index (χ4n) is 2.25. The van der Waals surface area contributed by atoms with Gasteiger partial charge in [-0.3, -0.25) is 0 Å². The van der Waals surface area contributed by atoms with Crippen molar-refractivity contribution in [3.8, 4) is 11.4 Å². The Kier molecular flexibility index (Phi) is 2.70. The van der Waals surface area contributed by atoms with E-state index in [1.165, 1.54) is 6.07 Å². The molecule has 1 aromatic carbocycles. The Labute approximate surface area is 109 Å². The van der Waals surface area contributed by atoms with Crippen LogP contribution in [0.1, 0.15) is 13.3 Å². The highest BCUT2D eigenvalue weighted by Gasteiger charge is 2.35. The minimum absolute atomic E-state index is 0.340. The second-order valence-corrected chi connectivity index (χ2v) is 4.95. The van der Waals surface area contributed by atoms with Crippen LogP contribution < -0.4 is 5.73 Å². The van der Waals surface area contributed by atoms with Crippen LogP contribution in [0, 0.1) is 5.82 Å². The number of rotatable bonds is 2. The zero-order chi connectivity index (χ0) is 13.5. The van der Waals surface area contributed by atoms with E-state index in [1.807, 2.05) is 6.92 Å². The average molecular weight is 263 g/mol. The number of ether oxygens (including phenoxy) is 1. The molecule has 1 fully saturated rings. The van der Waals surface area contributed by atoms with Crippen molar-refractivity contribution in [1.82, 2.24) is 20.2 Å². The molecule has 1 aliphatic heterocycles. The number of nitrogens with two attached hydrogens (primary N) is 1. The van der Waals surface area contributed by atoms with Crippen LogP contribution in [0.15, 0.2) is 18.2 Å². The molecule has 0 aliphatic carbocycles. The smallest absolute Gasteiger partial charge is 0.185 e. The van der Waals surface area contributed by atoms with Gasteiger partial charge in [0.25, 0.3) is 0 Å². The van der Waals surface area contributed by atoms with Gasteiger partial charge in [0.2, 0.25) is 0 Å². The summed E-state index contributed by atoms with van der Waals surface area (Å²) in [5.41, 5.74) is 5.92. The number of aromatic nitrogens is 4. The Morgan fingerprint density at radius 1 is 1.47 bits per heavy atom. The summed E-state index contributed by atoms with van der Waals surface area (Å²) in [6.45, 7) is 3.16. The lowest BCUT2D eigenvalue weighted by molar-refractivity contribution is 0.155. The number of nitrogens with zero attached hydrogens (tertiary/aromatic N) is 4. The fourth-order valence-corrected chi connectivity index (χ4v) is 2.25. The van der Waals surface area contributed by atoms with Crippen molar-refractivity contribution in [3.05, 3.63) is 24.0 Å². The third-order valence-electron chi connectivity index (χ3n) is 3.41. The molecule has 1 aliphatic rings. The maximum atomic E-state index is 14.0. The molecular weight excluding hydrogens is 249 g/mol. The van der Waals surface area contributed by atoms with Gasteiger partial charge in [-0.2, -0.15) is 0 Å². The van der Waals surface area contributed by atoms with Crippen molar-refractivity contribution in [1.29, 1.82) is 0 Å². The number of hydrogen-bond donors (Lipinski definition) is 1. The molecule has 0 amide bonds. The van der Waals surface area contributed by atoms with Gasteiger partial charge in [-0.1, -0.05) is 0 Å². The fraction of sp³-hybridized carbons (Fsp3) is 0.417. The third-order valence-corrected chi connectivity index (χ3v) is 3.41. The highest BCUT2D eigenvalue weighted by Crippen LogP contribution is 2.31. The first kappa shape index (κ1) is 12.0. The molecular formula is C12H14FN5O. The van der Waals surface area contributed by atoms with Gasteiger partial charge in [0.1, 0.15) is 5.82 Å². The van der Waals surface area contributed by atoms with E-state index in [0.717, 1.165) is 6.42 Å². The first-order valence-electron chi connectivity index (χ1n) is 6.02. The van der Waals surface area contributed by atoms with Crippen LogP contribution in [-0.2, 0) is 10.3 Å². The minimum Gasteiger partial charge on any atom is -0.399 e. The largest absolute Gasteiger partial charge is 0.399 e. The molecule has 2 aromatic rings. The van der Waals surface area contributed by atoms with E-state index in [9.17, 15) is 4.39 Å². The lowest BCUT2D eigenvalue weighted by Gasteiger charge is -2.22. The van der Waals surface area contributed by atoms with Gasteiger partial charge < -0.3 is 10.5 Å². The summed E-state index contributed by atoms with van der Waals surface area (Å²) in [6.07, 6.45) is 0.793. The number of benzene rings is 1. The Bertz CT molecular complexity index is 606. The van der Waals surface area contributed by atoms with Crippen LogP contribution >= 0.6 is 0 Å². The van der Waals surface area contributed by atoms with Gasteiger partial charge in [-0.25, -0.2) is 9.07 Å². The zero-order valence-electron chi connectivity index (χ0n) is 10.5. The van der Waals surface area contributed by atoms with Crippen LogP contribution in [0.2, 0.25) is 0 Å². The molecule has 19 heavy (non-hydrogen) atoms. The number of tetrazole rings is 1. The summed E-state index contributed by atoms with van der Waals surface area (Å²) in [4.78, 5) is 0. The normalized spacial score (nSPS) is 22.8. The first-order chi connectivity index (χ1) is 9.10. The molecule has 0 spiro atoms. The molecule has 1 aromatic heterocycles. The van der Waals surface area contributed by atoms with E-state index < -0.39 is 5.82 Å². The number of halogens is 1. The van der Waals surface area contributed by atoms with E-state index in [1.54, 1.807) is 16.8 Å². The Balaban J connectivity index is 2.09. The van der Waals surface area contributed by atoms with Crippen molar-refractivity contribution >= 4 is 5.69 Å². The topological polar surface area (TPSA) is 78.9 Å². The highest BCUT2D eigenvalue weighted by atomic mass is 19.1. The molecule has 3 rings (SSSR count). The van der Waals surface area contributed by atoms with Gasteiger partial charge in [0.15, 0.2) is 5.82 Å². The quantitative estimate of drug-likeness (QED) is 0.823. The molecule has 0 radical (unpaired) electrons. The summed E-state index contributed by atoms with van der Waals surface area (Å²) in [6, 6.07) is 4.48. The van der Waals surface area contributed by atoms with E-state index in [4.69, 9.17) is 10.5 Å². The molecule has 2 heterocycles. The molecule has 1 unspecified atom stereocenters. The highest BCUT2D eigenvalue weighted by molar-refractivity contribution is 5.59. The maximum absolute atomic E-state index is 14.0. The average Bonchev–Trinajstić information content (AvgIpc) is 2.98. The number of anilines is 1. The summed E-state index contributed by atoms with van der Waals surface area (Å²) in [5, 5.41) is 11.6. The molecule has 0 saturated carbocycles. The van der Waals surface area contributed by atoms with Crippen molar-refractivity contribution in [2.75, 3.05) is 18.9 Å². The lowest BCUT2D eigenvalue weighted by Crippen LogP contribution is -2.32. The summed E-state index contributed by atoms with van der Waals surface area (Å²) in [7, 11) is 0. The van der Waals surface area contributed by atoms with Gasteiger partial charge >= 0.3 is 0 Å². The Morgan fingerprint density at radius 2 is 2.32 bits per heavy atom. The van der Waals surface area contributed by atoms with Crippen LogP contribution in [0.3, 0.4) is 0 Å². The van der Waals surface area contributed by atoms with Crippen LogP contribution in [0.5, 0.6) is 0 Å². The summed E-state index contributed by atoms with van der Waals surface area (Å²) >= 11 is 0. The lowest BCUT2D eigenvalue weighted by atomic mass is 10.0. The molecule has 0 bridgehead atoms. The number of hydrogen-bond acceptors (Lipinski definition) is 5. The first-order valence-corrected chi connectivity index (χ1v) is 6.02. The Morgan fingerprint density at radius 3 is 3.00 bits per heavy atom. The minimum atomic E-state index is -0.432. The summed E-state index contributed by atoms with van der Waals surface area (Å²) in [5.74, 6) is -0.0379. The van der Waals surface area contributed by atoms with Crippen molar-refractivity contribution < 1.29 is 9.13 Å². The SMILES string of the molecule is CC1(n2nnnc2-c2ccc(N)cc2F)CCOC1. The zero-order valence-corrected chi connectivity index (χ0v) is 10.5. The van der Waals surface area contributed by atoms with Crippen LogP contribution in [-0.4, -0.2) is 33.4 Å². The predicted octanol–water partition coefficient (Wildman–Crippen LogP) is 1.20. The van der Waals surface area contributed by atoms with Crippen LogP contribution in [0.4, 0.5) is 10.1 Å². The van der Waals surface area contributed by atoms with E-state index in [-0.39, 0.29) is 5.54 Å². The van der Waals surface area contributed by atoms with Gasteiger partial charge in [-0.15, -0.1) is 5.10 Å². The van der Waals surface area contributed by atoms with Crippen molar-refractivity contribution in [2.24, 2.45) is 0 Å². The maximum Gasteiger partial charge on any atom is 0.185 e. The van der Waals surface area contributed by atoms with Gasteiger partial charge in [-0.05, 0) is 42.0 Å².